The molecule has 0 spiro atoms. The lowest BCUT2D eigenvalue weighted by Crippen LogP contribution is -2.00. The third-order valence-electron chi connectivity index (χ3n) is 2.94. The van der Waals surface area contributed by atoms with Gasteiger partial charge in [0, 0.05) is 19.6 Å². The Morgan fingerprint density at radius 2 is 1.81 bits per heavy atom. The van der Waals surface area contributed by atoms with Crippen LogP contribution >= 0.6 is 27.7 Å². The summed E-state index contributed by atoms with van der Waals surface area (Å²) in [6.07, 6.45) is 0. The number of benzene rings is 2. The molecule has 1 aromatic heterocycles. The van der Waals surface area contributed by atoms with Crippen molar-refractivity contribution in [1.82, 2.24) is 4.98 Å². The molecule has 0 bridgehead atoms. The molecular formula is C16H10BrNO2S. The molecule has 2 aromatic carbocycles. The lowest BCUT2D eigenvalue weighted by atomic mass is 10.2. The van der Waals surface area contributed by atoms with Gasteiger partial charge in [-0.3, -0.25) is 0 Å². The van der Waals surface area contributed by atoms with Crippen molar-refractivity contribution < 1.29 is 9.90 Å². The molecule has 0 saturated heterocycles. The lowest BCUT2D eigenvalue weighted by molar-refractivity contribution is 0.0690. The maximum absolute atomic E-state index is 11.2. The van der Waals surface area contributed by atoms with E-state index in [9.17, 15) is 9.90 Å². The second-order valence-corrected chi connectivity index (χ2v) is 6.41. The summed E-state index contributed by atoms with van der Waals surface area (Å²) in [6.45, 7) is 0. The Hall–Kier alpha value is -1.85. The Labute approximate surface area is 134 Å². The van der Waals surface area contributed by atoms with Gasteiger partial charge in [-0.05, 0) is 36.4 Å². The lowest BCUT2D eigenvalue weighted by Gasteiger charge is -2.07. The van der Waals surface area contributed by atoms with Crippen LogP contribution in [0.15, 0.2) is 68.9 Å². The van der Waals surface area contributed by atoms with Gasteiger partial charge in [-0.25, -0.2) is 9.78 Å². The molecule has 0 saturated carbocycles. The zero-order valence-corrected chi connectivity index (χ0v) is 13.2. The SMILES string of the molecule is O=C(O)c1cc(Sc2ccc(Br)cc2)c2ccccc2n1. The molecule has 0 unspecified atom stereocenters. The van der Waals surface area contributed by atoms with Gasteiger partial charge in [-0.15, -0.1) is 0 Å². The number of aromatic carboxylic acids is 1. The van der Waals surface area contributed by atoms with Crippen LogP contribution < -0.4 is 0 Å². The van der Waals surface area contributed by atoms with Crippen molar-refractivity contribution in [1.29, 1.82) is 0 Å². The van der Waals surface area contributed by atoms with Gasteiger partial charge in [0.25, 0.3) is 0 Å². The van der Waals surface area contributed by atoms with Crippen LogP contribution in [0, 0.1) is 0 Å². The van der Waals surface area contributed by atoms with E-state index in [0.29, 0.717) is 5.52 Å². The molecule has 1 N–H and O–H groups in total. The van der Waals surface area contributed by atoms with E-state index in [0.717, 1.165) is 19.6 Å². The molecule has 1 heterocycles. The highest BCUT2D eigenvalue weighted by atomic mass is 79.9. The minimum Gasteiger partial charge on any atom is -0.477 e. The van der Waals surface area contributed by atoms with Crippen molar-refractivity contribution >= 4 is 44.6 Å². The quantitative estimate of drug-likeness (QED) is 0.726. The molecule has 3 nitrogen and oxygen atoms in total. The molecule has 0 amide bonds. The summed E-state index contributed by atoms with van der Waals surface area (Å²) < 4.78 is 1.01. The standard InChI is InChI=1S/C16H10BrNO2S/c17-10-5-7-11(8-6-10)21-15-9-14(16(19)20)18-13-4-2-1-3-12(13)15/h1-9H,(H,19,20). The average Bonchev–Trinajstić information content (AvgIpc) is 2.49. The summed E-state index contributed by atoms with van der Waals surface area (Å²) in [6, 6.07) is 17.1. The van der Waals surface area contributed by atoms with E-state index in [-0.39, 0.29) is 5.69 Å². The Bertz CT molecular complexity index is 818. The fourth-order valence-electron chi connectivity index (χ4n) is 1.97. The van der Waals surface area contributed by atoms with Gasteiger partial charge in [0.2, 0.25) is 0 Å². The normalized spacial score (nSPS) is 10.7. The van der Waals surface area contributed by atoms with Crippen LogP contribution in [0.3, 0.4) is 0 Å². The number of carboxylic acid groups (broad SMARTS) is 1. The number of rotatable bonds is 3. The van der Waals surface area contributed by atoms with E-state index in [2.05, 4.69) is 20.9 Å². The zero-order chi connectivity index (χ0) is 14.8. The van der Waals surface area contributed by atoms with E-state index in [1.54, 1.807) is 6.07 Å². The number of fused-ring (bicyclic) bond motifs is 1. The average molecular weight is 360 g/mol. The van der Waals surface area contributed by atoms with Crippen LogP contribution in [0.5, 0.6) is 0 Å². The number of hydrogen-bond donors (Lipinski definition) is 1. The number of aromatic nitrogens is 1. The summed E-state index contributed by atoms with van der Waals surface area (Å²) in [5.74, 6) is -1.02. The monoisotopic (exact) mass is 359 g/mol. The van der Waals surface area contributed by atoms with Crippen LogP contribution in [0.25, 0.3) is 10.9 Å². The first-order valence-electron chi connectivity index (χ1n) is 6.20. The summed E-state index contributed by atoms with van der Waals surface area (Å²) in [4.78, 5) is 17.3. The molecule has 0 aliphatic rings. The first-order chi connectivity index (χ1) is 10.1. The minimum atomic E-state index is -1.02. The zero-order valence-electron chi connectivity index (χ0n) is 10.8. The third kappa shape index (κ3) is 3.09. The predicted molar refractivity (Wildman–Crippen MR) is 87.0 cm³/mol. The van der Waals surface area contributed by atoms with Gasteiger partial charge >= 0.3 is 5.97 Å². The van der Waals surface area contributed by atoms with E-state index < -0.39 is 5.97 Å². The molecule has 3 rings (SSSR count). The van der Waals surface area contributed by atoms with Crippen LogP contribution in [0.4, 0.5) is 0 Å². The highest BCUT2D eigenvalue weighted by Crippen LogP contribution is 2.34. The van der Waals surface area contributed by atoms with Gasteiger partial charge in [-0.1, -0.05) is 45.9 Å². The molecule has 5 heteroatoms. The predicted octanol–water partition coefficient (Wildman–Crippen LogP) is 4.85. The van der Waals surface area contributed by atoms with Gasteiger partial charge in [0.1, 0.15) is 5.69 Å². The van der Waals surface area contributed by atoms with Crippen LogP contribution in [0.1, 0.15) is 10.5 Å². The Morgan fingerprint density at radius 3 is 2.52 bits per heavy atom. The number of carbonyl (C=O) groups is 1. The Kier molecular flexibility index (Phi) is 3.94. The van der Waals surface area contributed by atoms with Crippen molar-refractivity contribution in [3.05, 3.63) is 64.8 Å². The second-order valence-electron chi connectivity index (χ2n) is 4.38. The first-order valence-corrected chi connectivity index (χ1v) is 7.81. The fourth-order valence-corrected chi connectivity index (χ4v) is 3.21. The molecule has 0 atom stereocenters. The van der Waals surface area contributed by atoms with E-state index >= 15 is 0 Å². The van der Waals surface area contributed by atoms with Gasteiger partial charge in [0.15, 0.2) is 0 Å². The summed E-state index contributed by atoms with van der Waals surface area (Å²) >= 11 is 4.94. The van der Waals surface area contributed by atoms with E-state index in [1.165, 1.54) is 11.8 Å². The maximum Gasteiger partial charge on any atom is 0.354 e. The number of nitrogens with zero attached hydrogens (tertiary/aromatic N) is 1. The van der Waals surface area contributed by atoms with E-state index in [4.69, 9.17) is 0 Å². The smallest absolute Gasteiger partial charge is 0.354 e. The minimum absolute atomic E-state index is 0.0633. The van der Waals surface area contributed by atoms with Gasteiger partial charge in [-0.2, -0.15) is 0 Å². The maximum atomic E-state index is 11.2. The number of halogens is 1. The van der Waals surface area contributed by atoms with Gasteiger partial charge in [0.05, 0.1) is 5.52 Å². The second kappa shape index (κ2) is 5.87. The van der Waals surface area contributed by atoms with Gasteiger partial charge < -0.3 is 5.11 Å². The molecule has 0 radical (unpaired) electrons. The number of para-hydroxylation sites is 1. The van der Waals surface area contributed by atoms with Crippen molar-refractivity contribution in [2.45, 2.75) is 9.79 Å². The molecule has 0 aliphatic heterocycles. The number of carboxylic acids is 1. The first kappa shape index (κ1) is 14.1. The highest BCUT2D eigenvalue weighted by molar-refractivity contribution is 9.10. The van der Waals surface area contributed by atoms with E-state index in [1.807, 2.05) is 48.5 Å². The van der Waals surface area contributed by atoms with Crippen LogP contribution in [-0.2, 0) is 0 Å². The van der Waals surface area contributed by atoms with Crippen molar-refractivity contribution in [3.63, 3.8) is 0 Å². The molecule has 0 fully saturated rings. The molecule has 0 aliphatic carbocycles. The third-order valence-corrected chi connectivity index (χ3v) is 4.53. The fraction of sp³-hybridized carbons (Fsp3) is 0. The molecule has 104 valence electrons. The number of hydrogen-bond acceptors (Lipinski definition) is 3. The Balaban J connectivity index is 2.11. The summed E-state index contributed by atoms with van der Waals surface area (Å²) in [7, 11) is 0. The van der Waals surface area contributed by atoms with Crippen LogP contribution in [-0.4, -0.2) is 16.1 Å². The summed E-state index contributed by atoms with van der Waals surface area (Å²) in [5.41, 5.74) is 0.755. The molecular weight excluding hydrogens is 350 g/mol. The van der Waals surface area contributed by atoms with Crippen molar-refractivity contribution in [3.8, 4) is 0 Å². The largest absolute Gasteiger partial charge is 0.477 e. The van der Waals surface area contributed by atoms with Crippen molar-refractivity contribution in [2.75, 3.05) is 0 Å². The van der Waals surface area contributed by atoms with Crippen molar-refractivity contribution in [2.24, 2.45) is 0 Å². The summed E-state index contributed by atoms with van der Waals surface area (Å²) in [5, 5.41) is 10.1. The van der Waals surface area contributed by atoms with Crippen LogP contribution in [0.2, 0.25) is 0 Å². The molecule has 21 heavy (non-hydrogen) atoms. The Morgan fingerprint density at radius 1 is 1.10 bits per heavy atom. The highest BCUT2D eigenvalue weighted by Gasteiger charge is 2.11. The topological polar surface area (TPSA) is 50.2 Å². The number of pyridine rings is 1. The molecule has 3 aromatic rings.